The first-order valence-electron chi connectivity index (χ1n) is 4.72. The molecular weight excluding hydrogens is 148 g/mol. The lowest BCUT2D eigenvalue weighted by atomic mass is 9.70. The van der Waals surface area contributed by atoms with Crippen LogP contribution in [0.15, 0.2) is 12.2 Å². The lowest BCUT2D eigenvalue weighted by molar-refractivity contribution is -0.124. The van der Waals surface area contributed by atoms with E-state index in [1.807, 2.05) is 0 Å². The Morgan fingerprint density at radius 3 is 2.42 bits per heavy atom. The van der Waals surface area contributed by atoms with Crippen LogP contribution in [-0.4, -0.2) is 5.78 Å². The smallest absolute Gasteiger partial charge is 0.134 e. The molecule has 2 aliphatic rings. The van der Waals surface area contributed by atoms with Crippen LogP contribution in [0.4, 0.5) is 0 Å². The van der Waals surface area contributed by atoms with E-state index in [9.17, 15) is 4.79 Å². The summed E-state index contributed by atoms with van der Waals surface area (Å²) in [6, 6.07) is 0. The van der Waals surface area contributed by atoms with E-state index in [0.717, 1.165) is 0 Å². The lowest BCUT2D eigenvalue weighted by Gasteiger charge is -2.33. The molecule has 0 aliphatic heterocycles. The summed E-state index contributed by atoms with van der Waals surface area (Å²) in [5.74, 6) is 1.85. The van der Waals surface area contributed by atoms with Crippen molar-refractivity contribution in [3.63, 3.8) is 0 Å². The second kappa shape index (κ2) is 2.21. The van der Waals surface area contributed by atoms with Crippen molar-refractivity contribution in [2.45, 2.75) is 27.2 Å². The van der Waals surface area contributed by atoms with Gasteiger partial charge in [-0.05, 0) is 30.6 Å². The van der Waals surface area contributed by atoms with E-state index >= 15 is 0 Å². The fourth-order valence-electron chi connectivity index (χ4n) is 3.13. The van der Waals surface area contributed by atoms with Crippen molar-refractivity contribution in [1.29, 1.82) is 0 Å². The quantitative estimate of drug-likeness (QED) is 0.544. The maximum Gasteiger partial charge on any atom is 0.134 e. The zero-order chi connectivity index (χ0) is 8.93. The maximum atomic E-state index is 11.4. The Balaban J connectivity index is 2.36. The molecule has 0 saturated heterocycles. The second-order valence-corrected chi connectivity index (χ2v) is 4.80. The van der Waals surface area contributed by atoms with Gasteiger partial charge in [-0.2, -0.15) is 0 Å². The molecular formula is C11H16O. The number of rotatable bonds is 1. The lowest BCUT2D eigenvalue weighted by Crippen LogP contribution is -2.33. The SMILES string of the molecule is CC(=O)[C@H]1[C@H]2C=C[C@@H](C2)C1(C)C. The fraction of sp³-hybridized carbons (Fsp3) is 0.727. The molecule has 3 atom stereocenters. The molecule has 0 radical (unpaired) electrons. The van der Waals surface area contributed by atoms with E-state index < -0.39 is 0 Å². The van der Waals surface area contributed by atoms with Crippen molar-refractivity contribution in [3.05, 3.63) is 12.2 Å². The molecule has 2 aliphatic carbocycles. The fourth-order valence-corrected chi connectivity index (χ4v) is 3.13. The largest absolute Gasteiger partial charge is 0.300 e. The highest BCUT2D eigenvalue weighted by molar-refractivity contribution is 5.80. The van der Waals surface area contributed by atoms with Gasteiger partial charge in [-0.25, -0.2) is 0 Å². The summed E-state index contributed by atoms with van der Waals surface area (Å²) in [7, 11) is 0. The summed E-state index contributed by atoms with van der Waals surface area (Å²) in [4.78, 5) is 11.4. The van der Waals surface area contributed by atoms with Gasteiger partial charge < -0.3 is 0 Å². The molecule has 0 N–H and O–H groups in total. The Bertz CT molecular complexity index is 250. The standard InChI is InChI=1S/C11H16O/c1-7(12)10-8-4-5-9(6-8)11(10,2)3/h4-5,8-10H,6H2,1-3H3/t8-,9-,10-/m0/s1. The molecule has 1 heteroatoms. The molecule has 1 fully saturated rings. The molecule has 1 saturated carbocycles. The van der Waals surface area contributed by atoms with Gasteiger partial charge in [-0.15, -0.1) is 0 Å². The predicted molar refractivity (Wildman–Crippen MR) is 48.7 cm³/mol. The Labute approximate surface area is 73.8 Å². The average molecular weight is 164 g/mol. The van der Waals surface area contributed by atoms with E-state index in [2.05, 4.69) is 26.0 Å². The van der Waals surface area contributed by atoms with Crippen LogP contribution < -0.4 is 0 Å². The van der Waals surface area contributed by atoms with Crippen molar-refractivity contribution in [3.8, 4) is 0 Å². The van der Waals surface area contributed by atoms with Gasteiger partial charge in [0.1, 0.15) is 5.78 Å². The highest BCUT2D eigenvalue weighted by Gasteiger charge is 2.51. The number of ketones is 1. The van der Waals surface area contributed by atoms with E-state index in [1.165, 1.54) is 6.42 Å². The van der Waals surface area contributed by atoms with Gasteiger partial charge in [0.05, 0.1) is 0 Å². The molecule has 2 bridgehead atoms. The zero-order valence-corrected chi connectivity index (χ0v) is 8.00. The highest BCUT2D eigenvalue weighted by atomic mass is 16.1. The van der Waals surface area contributed by atoms with E-state index in [4.69, 9.17) is 0 Å². The van der Waals surface area contributed by atoms with Crippen LogP contribution in [0, 0.1) is 23.2 Å². The first-order chi connectivity index (χ1) is 5.53. The molecule has 0 aromatic heterocycles. The van der Waals surface area contributed by atoms with Crippen LogP contribution in [0.1, 0.15) is 27.2 Å². The van der Waals surface area contributed by atoms with Crippen molar-refractivity contribution >= 4 is 5.78 Å². The summed E-state index contributed by atoms with van der Waals surface area (Å²) < 4.78 is 0. The summed E-state index contributed by atoms with van der Waals surface area (Å²) in [6.07, 6.45) is 5.74. The van der Waals surface area contributed by atoms with Gasteiger partial charge in [0.25, 0.3) is 0 Å². The molecule has 0 unspecified atom stereocenters. The molecule has 0 aromatic rings. The molecule has 0 heterocycles. The topological polar surface area (TPSA) is 17.1 Å². The van der Waals surface area contributed by atoms with Gasteiger partial charge >= 0.3 is 0 Å². The van der Waals surface area contributed by atoms with Crippen LogP contribution in [0.2, 0.25) is 0 Å². The molecule has 12 heavy (non-hydrogen) atoms. The number of hydrogen-bond donors (Lipinski definition) is 0. The second-order valence-electron chi connectivity index (χ2n) is 4.80. The van der Waals surface area contributed by atoms with Gasteiger partial charge in [-0.1, -0.05) is 26.0 Å². The Kier molecular flexibility index (Phi) is 1.48. The number of carbonyl (C=O) groups excluding carboxylic acids is 1. The molecule has 0 amide bonds. The Morgan fingerprint density at radius 2 is 2.08 bits per heavy atom. The number of allylic oxidation sites excluding steroid dienone is 2. The van der Waals surface area contributed by atoms with Crippen molar-refractivity contribution < 1.29 is 4.79 Å². The molecule has 66 valence electrons. The monoisotopic (exact) mass is 164 g/mol. The first kappa shape index (κ1) is 8.03. The van der Waals surface area contributed by atoms with Crippen LogP contribution in [0.3, 0.4) is 0 Å². The van der Waals surface area contributed by atoms with E-state index in [1.54, 1.807) is 6.92 Å². The average Bonchev–Trinajstić information content (AvgIpc) is 2.41. The third kappa shape index (κ3) is 0.825. The molecule has 0 aromatic carbocycles. The van der Waals surface area contributed by atoms with Crippen LogP contribution in [0.25, 0.3) is 0 Å². The van der Waals surface area contributed by atoms with Gasteiger partial charge in [-0.3, -0.25) is 4.79 Å². The Morgan fingerprint density at radius 1 is 1.42 bits per heavy atom. The number of fused-ring (bicyclic) bond motifs is 2. The third-order valence-corrected chi connectivity index (χ3v) is 3.74. The van der Waals surface area contributed by atoms with Gasteiger partial charge in [0, 0.05) is 5.92 Å². The minimum absolute atomic E-state index is 0.214. The van der Waals surface area contributed by atoms with Gasteiger partial charge in [0.15, 0.2) is 0 Å². The minimum atomic E-state index is 0.214. The minimum Gasteiger partial charge on any atom is -0.300 e. The predicted octanol–water partition coefficient (Wildman–Crippen LogP) is 2.42. The van der Waals surface area contributed by atoms with Crippen molar-refractivity contribution in [2.24, 2.45) is 23.2 Å². The summed E-state index contributed by atoms with van der Waals surface area (Å²) in [5, 5.41) is 0. The van der Waals surface area contributed by atoms with Crippen LogP contribution >= 0.6 is 0 Å². The van der Waals surface area contributed by atoms with Crippen LogP contribution in [-0.2, 0) is 4.79 Å². The number of hydrogen-bond acceptors (Lipinski definition) is 1. The zero-order valence-electron chi connectivity index (χ0n) is 8.00. The third-order valence-electron chi connectivity index (χ3n) is 3.74. The highest BCUT2D eigenvalue weighted by Crippen LogP contribution is 2.55. The van der Waals surface area contributed by atoms with Crippen molar-refractivity contribution in [2.75, 3.05) is 0 Å². The normalized spacial score (nSPS) is 42.1. The summed E-state index contributed by atoms with van der Waals surface area (Å²) in [6.45, 7) is 6.20. The molecule has 0 spiro atoms. The number of Topliss-reactive ketones (excluding diaryl/α,β-unsaturated/α-hetero) is 1. The van der Waals surface area contributed by atoms with Crippen molar-refractivity contribution in [1.82, 2.24) is 0 Å². The van der Waals surface area contributed by atoms with Gasteiger partial charge in [0.2, 0.25) is 0 Å². The van der Waals surface area contributed by atoms with E-state index in [-0.39, 0.29) is 11.3 Å². The summed E-state index contributed by atoms with van der Waals surface area (Å²) in [5.41, 5.74) is 0.214. The molecule has 1 nitrogen and oxygen atoms in total. The number of carbonyl (C=O) groups is 1. The molecule has 2 rings (SSSR count). The van der Waals surface area contributed by atoms with E-state index in [0.29, 0.717) is 17.6 Å². The first-order valence-corrected chi connectivity index (χ1v) is 4.72. The maximum absolute atomic E-state index is 11.4. The van der Waals surface area contributed by atoms with Crippen LogP contribution in [0.5, 0.6) is 0 Å². The Hall–Kier alpha value is -0.590. The summed E-state index contributed by atoms with van der Waals surface area (Å²) >= 11 is 0.